The van der Waals surface area contributed by atoms with Crippen LogP contribution in [0, 0.1) is 0 Å². The van der Waals surface area contributed by atoms with Crippen molar-refractivity contribution in [1.29, 1.82) is 0 Å². The van der Waals surface area contributed by atoms with Crippen molar-refractivity contribution in [2.75, 3.05) is 20.7 Å². The molecule has 1 aromatic heterocycles. The number of esters is 1. The molecule has 0 saturated heterocycles. The van der Waals surface area contributed by atoms with Crippen LogP contribution in [0.25, 0.3) is 10.2 Å². The molecular weight excluding hydrogens is 274 g/mol. The first kappa shape index (κ1) is 14.5. The van der Waals surface area contributed by atoms with E-state index < -0.39 is 0 Å². The highest BCUT2D eigenvalue weighted by atomic mass is 32.1. The molecule has 6 heteroatoms. The minimum atomic E-state index is -0.248. The van der Waals surface area contributed by atoms with Crippen LogP contribution in [0.4, 0.5) is 5.13 Å². The molecule has 2 aromatic rings. The van der Waals surface area contributed by atoms with Gasteiger partial charge in [-0.3, -0.25) is 0 Å². The van der Waals surface area contributed by atoms with Crippen molar-refractivity contribution in [3.05, 3.63) is 24.3 Å². The fraction of sp³-hybridized carbons (Fsp3) is 0.357. The SMILES string of the molecule is CCOC(=O)C[n+]1c(/N=C/N(C)C)sc2ccccc21. The third-order valence-electron chi connectivity index (χ3n) is 2.58. The minimum Gasteiger partial charge on any atom is -0.463 e. The zero-order chi connectivity index (χ0) is 14.5. The number of aromatic nitrogens is 1. The summed E-state index contributed by atoms with van der Waals surface area (Å²) in [4.78, 5) is 18.0. The second kappa shape index (κ2) is 6.47. The summed E-state index contributed by atoms with van der Waals surface area (Å²) in [6.07, 6.45) is 1.73. The molecule has 0 aliphatic rings. The van der Waals surface area contributed by atoms with Gasteiger partial charge in [0.1, 0.15) is 5.52 Å². The standard InChI is InChI=1S/C14H18N3O2S/c1-4-19-13(18)9-17-11-7-5-6-8-12(11)20-14(17)15-10-16(2)3/h5-8,10H,4,9H2,1-3H3/q+1. The first-order valence-corrected chi connectivity index (χ1v) is 7.21. The predicted octanol–water partition coefficient (Wildman–Crippen LogP) is 1.97. The Labute approximate surface area is 122 Å². The van der Waals surface area contributed by atoms with Crippen LogP contribution < -0.4 is 4.57 Å². The van der Waals surface area contributed by atoms with Gasteiger partial charge in [0.15, 0.2) is 6.54 Å². The Morgan fingerprint density at radius 2 is 2.20 bits per heavy atom. The van der Waals surface area contributed by atoms with Gasteiger partial charge in [0.25, 0.3) is 0 Å². The van der Waals surface area contributed by atoms with Gasteiger partial charge in [-0.05, 0) is 35.4 Å². The molecular formula is C14H18N3O2S+. The Bertz CT molecular complexity index is 634. The van der Waals surface area contributed by atoms with Crippen molar-refractivity contribution in [3.63, 3.8) is 0 Å². The van der Waals surface area contributed by atoms with Gasteiger partial charge in [0.2, 0.25) is 6.34 Å². The molecule has 1 aromatic carbocycles. The Hall–Kier alpha value is -1.95. The molecule has 0 bridgehead atoms. The maximum atomic E-state index is 11.7. The molecule has 106 valence electrons. The lowest BCUT2D eigenvalue weighted by molar-refractivity contribution is -0.643. The normalized spacial score (nSPS) is 11.2. The van der Waals surface area contributed by atoms with Gasteiger partial charge in [-0.25, -0.2) is 9.36 Å². The lowest BCUT2D eigenvalue weighted by atomic mass is 10.3. The quantitative estimate of drug-likeness (QED) is 0.366. The predicted molar refractivity (Wildman–Crippen MR) is 80.5 cm³/mol. The fourth-order valence-corrected chi connectivity index (χ4v) is 2.77. The van der Waals surface area contributed by atoms with E-state index in [0.29, 0.717) is 6.61 Å². The smallest absolute Gasteiger partial charge is 0.385 e. The summed E-state index contributed by atoms with van der Waals surface area (Å²) in [6, 6.07) is 7.94. The first-order valence-electron chi connectivity index (χ1n) is 6.39. The van der Waals surface area contributed by atoms with E-state index in [2.05, 4.69) is 4.99 Å². The number of benzene rings is 1. The highest BCUT2D eigenvalue weighted by Crippen LogP contribution is 2.25. The van der Waals surface area contributed by atoms with Crippen molar-refractivity contribution < 1.29 is 14.1 Å². The summed E-state index contributed by atoms with van der Waals surface area (Å²) in [6.45, 7) is 2.37. The number of rotatable bonds is 5. The molecule has 0 aliphatic heterocycles. The Morgan fingerprint density at radius 3 is 2.90 bits per heavy atom. The molecule has 20 heavy (non-hydrogen) atoms. The van der Waals surface area contributed by atoms with E-state index >= 15 is 0 Å². The van der Waals surface area contributed by atoms with E-state index in [9.17, 15) is 4.79 Å². The van der Waals surface area contributed by atoms with Crippen LogP contribution in [0.5, 0.6) is 0 Å². The van der Waals surface area contributed by atoms with Crippen LogP contribution in [0.15, 0.2) is 29.3 Å². The highest BCUT2D eigenvalue weighted by molar-refractivity contribution is 7.21. The summed E-state index contributed by atoms with van der Waals surface area (Å²) in [5.74, 6) is -0.248. The molecule has 5 nitrogen and oxygen atoms in total. The second-order valence-corrected chi connectivity index (χ2v) is 5.46. The minimum absolute atomic E-state index is 0.179. The molecule has 0 unspecified atom stereocenters. The Balaban J connectivity index is 2.41. The number of aliphatic imine (C=N–C) groups is 1. The van der Waals surface area contributed by atoms with E-state index in [1.54, 1.807) is 24.6 Å². The van der Waals surface area contributed by atoms with Gasteiger partial charge >= 0.3 is 11.1 Å². The van der Waals surface area contributed by atoms with Gasteiger partial charge in [-0.15, -0.1) is 0 Å². The summed E-state index contributed by atoms with van der Waals surface area (Å²) >= 11 is 1.56. The van der Waals surface area contributed by atoms with Crippen LogP contribution in [-0.2, 0) is 16.1 Å². The molecule has 0 N–H and O–H groups in total. The number of thiazole rings is 1. The van der Waals surface area contributed by atoms with E-state index in [-0.39, 0.29) is 12.5 Å². The van der Waals surface area contributed by atoms with E-state index in [1.165, 1.54) is 0 Å². The Morgan fingerprint density at radius 1 is 1.45 bits per heavy atom. The number of para-hydroxylation sites is 1. The van der Waals surface area contributed by atoms with Crippen molar-refractivity contribution in [3.8, 4) is 0 Å². The van der Waals surface area contributed by atoms with Crippen LogP contribution in [0.2, 0.25) is 0 Å². The molecule has 0 saturated carbocycles. The zero-order valence-electron chi connectivity index (χ0n) is 11.9. The summed E-state index contributed by atoms with van der Waals surface area (Å²) in [7, 11) is 3.82. The zero-order valence-corrected chi connectivity index (χ0v) is 12.7. The number of hydrogen-bond acceptors (Lipinski definition) is 4. The number of ether oxygens (including phenoxy) is 1. The summed E-state index contributed by atoms with van der Waals surface area (Å²) < 4.78 is 8.01. The second-order valence-electron chi connectivity index (χ2n) is 4.45. The van der Waals surface area contributed by atoms with E-state index in [4.69, 9.17) is 4.74 Å². The van der Waals surface area contributed by atoms with Gasteiger partial charge < -0.3 is 9.64 Å². The number of fused-ring (bicyclic) bond motifs is 1. The van der Waals surface area contributed by atoms with Gasteiger partial charge in [-0.2, -0.15) is 0 Å². The highest BCUT2D eigenvalue weighted by Gasteiger charge is 2.21. The monoisotopic (exact) mass is 292 g/mol. The van der Waals surface area contributed by atoms with Crippen molar-refractivity contribution in [2.45, 2.75) is 13.5 Å². The topological polar surface area (TPSA) is 45.8 Å². The number of hydrogen-bond donors (Lipinski definition) is 0. The van der Waals surface area contributed by atoms with Crippen molar-refractivity contribution in [2.24, 2.45) is 4.99 Å². The van der Waals surface area contributed by atoms with E-state index in [1.807, 2.05) is 47.8 Å². The summed E-state index contributed by atoms with van der Waals surface area (Å²) in [5.41, 5.74) is 0.997. The lowest BCUT2D eigenvalue weighted by Gasteiger charge is -2.01. The number of nitrogens with zero attached hydrogens (tertiary/aromatic N) is 3. The van der Waals surface area contributed by atoms with Crippen LogP contribution in [0.3, 0.4) is 0 Å². The third-order valence-corrected chi connectivity index (χ3v) is 3.65. The number of carbonyl (C=O) groups excluding carboxylic acids is 1. The fourth-order valence-electron chi connectivity index (χ4n) is 1.77. The van der Waals surface area contributed by atoms with Crippen LogP contribution >= 0.6 is 11.3 Å². The molecule has 0 atom stereocenters. The molecule has 0 radical (unpaired) electrons. The molecule has 0 amide bonds. The molecule has 0 spiro atoms. The van der Waals surface area contributed by atoms with Gasteiger partial charge in [-0.1, -0.05) is 12.1 Å². The first-order chi connectivity index (χ1) is 9.61. The lowest BCUT2D eigenvalue weighted by Crippen LogP contribution is -2.37. The summed E-state index contributed by atoms with van der Waals surface area (Å²) in [5, 5.41) is 0.785. The largest absolute Gasteiger partial charge is 0.463 e. The number of carbonyl (C=O) groups is 1. The molecule has 2 rings (SSSR count). The van der Waals surface area contributed by atoms with Gasteiger partial charge in [0.05, 0.1) is 11.3 Å². The van der Waals surface area contributed by atoms with Crippen molar-refractivity contribution >= 4 is 39.0 Å². The van der Waals surface area contributed by atoms with Crippen LogP contribution in [0.1, 0.15) is 6.92 Å². The average molecular weight is 292 g/mol. The van der Waals surface area contributed by atoms with E-state index in [0.717, 1.165) is 15.3 Å². The molecule has 0 aliphatic carbocycles. The molecule has 0 fully saturated rings. The maximum Gasteiger partial charge on any atom is 0.385 e. The molecule has 1 heterocycles. The average Bonchev–Trinajstić information content (AvgIpc) is 2.75. The van der Waals surface area contributed by atoms with Crippen molar-refractivity contribution in [1.82, 2.24) is 4.90 Å². The third kappa shape index (κ3) is 3.33. The van der Waals surface area contributed by atoms with Gasteiger partial charge in [0, 0.05) is 14.1 Å². The Kier molecular flexibility index (Phi) is 4.68. The van der Waals surface area contributed by atoms with Crippen LogP contribution in [-0.4, -0.2) is 37.9 Å². The maximum absolute atomic E-state index is 11.7.